The highest BCUT2D eigenvalue weighted by Crippen LogP contribution is 2.27. The van der Waals surface area contributed by atoms with Crippen LogP contribution in [0.4, 0.5) is 0 Å². The van der Waals surface area contributed by atoms with Crippen molar-refractivity contribution in [1.82, 2.24) is 4.98 Å². The molecule has 0 bridgehead atoms. The Morgan fingerprint density at radius 1 is 1.47 bits per heavy atom. The molecule has 2 heterocycles. The normalized spacial score (nSPS) is 10.7. The van der Waals surface area contributed by atoms with Crippen LogP contribution < -0.4 is 0 Å². The van der Waals surface area contributed by atoms with Crippen LogP contribution in [0.3, 0.4) is 0 Å². The van der Waals surface area contributed by atoms with Crippen LogP contribution in [0, 0.1) is 6.92 Å². The van der Waals surface area contributed by atoms with Gasteiger partial charge in [-0.3, -0.25) is 0 Å². The topological polar surface area (TPSA) is 85.7 Å². The van der Waals surface area contributed by atoms with Crippen LogP contribution in [-0.4, -0.2) is 23.2 Å². The van der Waals surface area contributed by atoms with Crippen molar-refractivity contribution in [3.05, 3.63) is 29.5 Å². The first kappa shape index (κ1) is 11.4. The van der Waals surface area contributed by atoms with E-state index in [1.165, 1.54) is 7.11 Å². The number of aromatic nitrogens is 1. The smallest absolute Gasteiger partial charge is 0.358 e. The van der Waals surface area contributed by atoms with Gasteiger partial charge in [-0.15, -0.1) is 0 Å². The van der Waals surface area contributed by atoms with Gasteiger partial charge in [0.2, 0.25) is 11.7 Å². The van der Waals surface area contributed by atoms with Crippen molar-refractivity contribution in [3.8, 4) is 11.5 Å². The van der Waals surface area contributed by atoms with Crippen molar-refractivity contribution >= 4 is 5.97 Å². The predicted octanol–water partition coefficient (Wildman–Crippen LogP) is 2.09. The zero-order chi connectivity index (χ0) is 12.4. The summed E-state index contributed by atoms with van der Waals surface area (Å²) in [6.07, 6.45) is 0. The summed E-state index contributed by atoms with van der Waals surface area (Å²) in [4.78, 5) is 14.8. The van der Waals surface area contributed by atoms with E-state index in [0.717, 1.165) is 0 Å². The molecule has 90 valence electrons. The van der Waals surface area contributed by atoms with Gasteiger partial charge < -0.3 is 18.7 Å². The zero-order valence-electron chi connectivity index (χ0n) is 9.39. The van der Waals surface area contributed by atoms with Crippen LogP contribution in [0.2, 0.25) is 0 Å². The summed E-state index contributed by atoms with van der Waals surface area (Å²) in [6, 6.07) is 3.36. The summed E-state index contributed by atoms with van der Waals surface area (Å²) in [5, 5.41) is 9.01. The van der Waals surface area contributed by atoms with Crippen molar-refractivity contribution in [2.24, 2.45) is 0 Å². The molecule has 0 fully saturated rings. The number of aryl methyl sites for hydroxylation is 1. The number of hydrogen-bond acceptors (Lipinski definition) is 5. The standard InChI is InChI=1S/C11H11NO5/c1-6-3-4-7(16-6)10-9(11(13)14)12-8(17-10)5-15-2/h3-4H,5H2,1-2H3,(H,13,14). The number of aromatic carboxylic acids is 1. The molecule has 6 heteroatoms. The second kappa shape index (κ2) is 4.42. The van der Waals surface area contributed by atoms with Crippen LogP contribution in [-0.2, 0) is 11.3 Å². The number of oxazole rings is 1. The molecule has 17 heavy (non-hydrogen) atoms. The van der Waals surface area contributed by atoms with Gasteiger partial charge in [0.05, 0.1) is 0 Å². The van der Waals surface area contributed by atoms with Gasteiger partial charge in [-0.2, -0.15) is 0 Å². The molecule has 0 unspecified atom stereocenters. The third-order valence-electron chi connectivity index (χ3n) is 2.11. The summed E-state index contributed by atoms with van der Waals surface area (Å²) in [7, 11) is 1.47. The number of carbonyl (C=O) groups is 1. The van der Waals surface area contributed by atoms with E-state index in [4.69, 9.17) is 18.7 Å². The van der Waals surface area contributed by atoms with Crippen molar-refractivity contribution in [2.75, 3.05) is 7.11 Å². The second-order valence-corrected chi connectivity index (χ2v) is 3.43. The molecule has 0 atom stereocenters. The summed E-state index contributed by atoms with van der Waals surface area (Å²) < 4.78 is 15.5. The SMILES string of the molecule is COCc1nc(C(=O)O)c(-c2ccc(C)o2)o1. The van der Waals surface area contributed by atoms with Crippen LogP contribution in [0.5, 0.6) is 0 Å². The monoisotopic (exact) mass is 237 g/mol. The molecule has 1 N–H and O–H groups in total. The van der Waals surface area contributed by atoms with Crippen molar-refractivity contribution < 1.29 is 23.5 Å². The number of furan rings is 1. The van der Waals surface area contributed by atoms with E-state index >= 15 is 0 Å². The molecule has 0 amide bonds. The molecular weight excluding hydrogens is 226 g/mol. The lowest BCUT2D eigenvalue weighted by atomic mass is 10.3. The van der Waals surface area contributed by atoms with Crippen LogP contribution in [0.15, 0.2) is 21.0 Å². The first-order valence-corrected chi connectivity index (χ1v) is 4.90. The Morgan fingerprint density at radius 3 is 2.76 bits per heavy atom. The first-order valence-electron chi connectivity index (χ1n) is 4.90. The van der Waals surface area contributed by atoms with Crippen LogP contribution in [0.1, 0.15) is 22.1 Å². The fourth-order valence-corrected chi connectivity index (χ4v) is 1.42. The number of hydrogen-bond donors (Lipinski definition) is 1. The van der Waals surface area contributed by atoms with Gasteiger partial charge in [0, 0.05) is 7.11 Å². The molecule has 0 aliphatic carbocycles. The molecular formula is C11H11NO5. The van der Waals surface area contributed by atoms with Gasteiger partial charge in [-0.25, -0.2) is 9.78 Å². The average molecular weight is 237 g/mol. The number of ether oxygens (including phenoxy) is 1. The maximum absolute atomic E-state index is 11.0. The molecule has 2 rings (SSSR count). The van der Waals surface area contributed by atoms with Crippen LogP contribution in [0.25, 0.3) is 11.5 Å². The van der Waals surface area contributed by atoms with Crippen molar-refractivity contribution in [1.29, 1.82) is 0 Å². The molecule has 0 saturated heterocycles. The number of carboxylic acids is 1. The average Bonchev–Trinajstić information content (AvgIpc) is 2.84. The Balaban J connectivity index is 2.47. The van der Waals surface area contributed by atoms with E-state index in [1.807, 2.05) is 0 Å². The third kappa shape index (κ3) is 2.21. The lowest BCUT2D eigenvalue weighted by molar-refractivity contribution is 0.0691. The summed E-state index contributed by atoms with van der Waals surface area (Å²) in [5.74, 6) is 0.155. The summed E-state index contributed by atoms with van der Waals surface area (Å²) in [5.41, 5.74) is -0.175. The largest absolute Gasteiger partial charge is 0.476 e. The van der Waals surface area contributed by atoms with Crippen molar-refractivity contribution in [2.45, 2.75) is 13.5 Å². The summed E-state index contributed by atoms with van der Waals surface area (Å²) >= 11 is 0. The van der Waals surface area contributed by atoms with Gasteiger partial charge in [0.25, 0.3) is 0 Å². The molecule has 0 radical (unpaired) electrons. The fourth-order valence-electron chi connectivity index (χ4n) is 1.42. The number of methoxy groups -OCH3 is 1. The fraction of sp³-hybridized carbons (Fsp3) is 0.273. The number of carboxylic acid groups (broad SMARTS) is 1. The molecule has 2 aromatic rings. The molecule has 2 aromatic heterocycles. The van der Waals surface area contributed by atoms with E-state index in [0.29, 0.717) is 11.5 Å². The Morgan fingerprint density at radius 2 is 2.24 bits per heavy atom. The first-order chi connectivity index (χ1) is 8.11. The van der Waals surface area contributed by atoms with E-state index < -0.39 is 5.97 Å². The van der Waals surface area contributed by atoms with E-state index in [9.17, 15) is 4.79 Å². The van der Waals surface area contributed by atoms with Gasteiger partial charge in [-0.1, -0.05) is 0 Å². The van der Waals surface area contributed by atoms with E-state index in [-0.39, 0.29) is 24.0 Å². The molecule has 0 spiro atoms. The van der Waals surface area contributed by atoms with E-state index in [1.54, 1.807) is 19.1 Å². The van der Waals surface area contributed by atoms with Gasteiger partial charge >= 0.3 is 5.97 Å². The molecule has 6 nitrogen and oxygen atoms in total. The molecule has 0 saturated carbocycles. The van der Waals surface area contributed by atoms with Crippen LogP contribution >= 0.6 is 0 Å². The quantitative estimate of drug-likeness (QED) is 0.876. The number of rotatable bonds is 4. The minimum atomic E-state index is -1.17. The Bertz CT molecular complexity index is 540. The summed E-state index contributed by atoms with van der Waals surface area (Å²) in [6.45, 7) is 1.87. The Kier molecular flexibility index (Phi) is 2.97. The Labute approximate surface area is 96.8 Å². The predicted molar refractivity (Wildman–Crippen MR) is 56.6 cm³/mol. The minimum absolute atomic E-state index is 0.109. The minimum Gasteiger partial charge on any atom is -0.476 e. The third-order valence-corrected chi connectivity index (χ3v) is 2.11. The van der Waals surface area contributed by atoms with E-state index in [2.05, 4.69) is 4.98 Å². The number of nitrogens with zero attached hydrogens (tertiary/aromatic N) is 1. The molecule has 0 aromatic carbocycles. The molecule has 0 aliphatic rings. The highest BCUT2D eigenvalue weighted by molar-refractivity contribution is 5.91. The highest BCUT2D eigenvalue weighted by atomic mass is 16.5. The van der Waals surface area contributed by atoms with Gasteiger partial charge in [-0.05, 0) is 19.1 Å². The van der Waals surface area contributed by atoms with Crippen molar-refractivity contribution in [3.63, 3.8) is 0 Å². The Hall–Kier alpha value is -2.08. The molecule has 0 aliphatic heterocycles. The second-order valence-electron chi connectivity index (χ2n) is 3.43. The lowest BCUT2D eigenvalue weighted by Gasteiger charge is -1.92. The maximum atomic E-state index is 11.0. The van der Waals surface area contributed by atoms with Gasteiger partial charge in [0.15, 0.2) is 11.5 Å². The lowest BCUT2D eigenvalue weighted by Crippen LogP contribution is -1.99. The highest BCUT2D eigenvalue weighted by Gasteiger charge is 2.22. The zero-order valence-corrected chi connectivity index (χ0v) is 9.39. The maximum Gasteiger partial charge on any atom is 0.358 e. The van der Waals surface area contributed by atoms with Gasteiger partial charge in [0.1, 0.15) is 12.4 Å².